The van der Waals surface area contributed by atoms with Gasteiger partial charge in [-0.1, -0.05) is 60.1 Å². The number of hydrogen-bond donors (Lipinski definition) is 2. The second-order valence-electron chi connectivity index (χ2n) is 4.46. The van der Waals surface area contributed by atoms with Crippen LogP contribution in [0.15, 0.2) is 54.6 Å². The average Bonchev–Trinajstić information content (AvgIpc) is 2.48. The third-order valence-corrected chi connectivity index (χ3v) is 3.26. The molecule has 0 fully saturated rings. The molecule has 0 aliphatic heterocycles. The fraction of sp³-hybridized carbons (Fsp3) is 0.188. The lowest BCUT2D eigenvalue weighted by Crippen LogP contribution is -2.33. The van der Waals surface area contributed by atoms with E-state index in [9.17, 15) is 4.79 Å². The third kappa shape index (κ3) is 4.68. The Morgan fingerprint density at radius 1 is 0.950 bits per heavy atom. The van der Waals surface area contributed by atoms with Gasteiger partial charge in [-0.3, -0.25) is 4.79 Å². The standard InChI is InChI=1S/C16H17ClN2O/c17-15-9-5-4-8-14(15)11-18-12-16(20)19-10-13-6-2-1-3-7-13/h1-9,18H,10-12H2,(H,19,20). The quantitative estimate of drug-likeness (QED) is 0.858. The Balaban J connectivity index is 1.69. The van der Waals surface area contributed by atoms with Gasteiger partial charge in [0.2, 0.25) is 5.91 Å². The lowest BCUT2D eigenvalue weighted by atomic mass is 10.2. The smallest absolute Gasteiger partial charge is 0.234 e. The molecule has 3 nitrogen and oxygen atoms in total. The first-order valence-corrected chi connectivity index (χ1v) is 6.88. The van der Waals surface area contributed by atoms with E-state index < -0.39 is 0 Å². The first-order valence-electron chi connectivity index (χ1n) is 6.50. The van der Waals surface area contributed by atoms with Gasteiger partial charge < -0.3 is 10.6 Å². The molecule has 20 heavy (non-hydrogen) atoms. The molecule has 2 aromatic rings. The molecule has 1 amide bonds. The summed E-state index contributed by atoms with van der Waals surface area (Å²) in [6.07, 6.45) is 0. The van der Waals surface area contributed by atoms with E-state index in [4.69, 9.17) is 11.6 Å². The first-order chi connectivity index (χ1) is 9.75. The molecule has 0 aliphatic carbocycles. The van der Waals surface area contributed by atoms with Crippen molar-refractivity contribution in [1.29, 1.82) is 0 Å². The summed E-state index contributed by atoms with van der Waals surface area (Å²) in [4.78, 5) is 11.7. The minimum atomic E-state index is -0.0269. The molecule has 4 heteroatoms. The predicted octanol–water partition coefficient (Wildman–Crippen LogP) is 2.75. The van der Waals surface area contributed by atoms with Crippen LogP contribution in [0.25, 0.3) is 0 Å². The van der Waals surface area contributed by atoms with Gasteiger partial charge in [0.25, 0.3) is 0 Å². The zero-order chi connectivity index (χ0) is 14.2. The molecule has 0 aromatic heterocycles. The van der Waals surface area contributed by atoms with Crippen LogP contribution >= 0.6 is 11.6 Å². The highest BCUT2D eigenvalue weighted by Gasteiger charge is 2.02. The van der Waals surface area contributed by atoms with Crippen molar-refractivity contribution < 1.29 is 4.79 Å². The maximum atomic E-state index is 11.7. The number of hydrogen-bond acceptors (Lipinski definition) is 2. The fourth-order valence-electron chi connectivity index (χ4n) is 1.81. The molecule has 0 atom stereocenters. The first kappa shape index (κ1) is 14.6. The van der Waals surface area contributed by atoms with Crippen molar-refractivity contribution >= 4 is 17.5 Å². The Morgan fingerprint density at radius 3 is 2.40 bits per heavy atom. The molecule has 0 heterocycles. The maximum Gasteiger partial charge on any atom is 0.234 e. The van der Waals surface area contributed by atoms with Crippen LogP contribution in [0.5, 0.6) is 0 Å². The van der Waals surface area contributed by atoms with Gasteiger partial charge in [0.1, 0.15) is 0 Å². The van der Waals surface area contributed by atoms with E-state index in [1.807, 2.05) is 54.6 Å². The van der Waals surface area contributed by atoms with Crippen LogP contribution < -0.4 is 10.6 Å². The Bertz CT molecular complexity index is 557. The molecule has 0 spiro atoms. The highest BCUT2D eigenvalue weighted by molar-refractivity contribution is 6.31. The second kappa shape index (κ2) is 7.68. The van der Waals surface area contributed by atoms with Crippen molar-refractivity contribution in [2.45, 2.75) is 13.1 Å². The van der Waals surface area contributed by atoms with Gasteiger partial charge in [-0.2, -0.15) is 0 Å². The lowest BCUT2D eigenvalue weighted by Gasteiger charge is -2.08. The molecular formula is C16H17ClN2O. The molecule has 2 rings (SSSR count). The van der Waals surface area contributed by atoms with Crippen molar-refractivity contribution in [3.05, 3.63) is 70.7 Å². The highest BCUT2D eigenvalue weighted by Crippen LogP contribution is 2.13. The Hall–Kier alpha value is -1.84. The SMILES string of the molecule is O=C(CNCc1ccccc1Cl)NCc1ccccc1. The van der Waals surface area contributed by atoms with E-state index in [0.29, 0.717) is 18.1 Å². The molecule has 0 bridgehead atoms. The summed E-state index contributed by atoms with van der Waals surface area (Å²) in [5.41, 5.74) is 2.08. The molecule has 0 saturated heterocycles. The van der Waals surface area contributed by atoms with Crippen LogP contribution in [-0.2, 0) is 17.9 Å². The third-order valence-electron chi connectivity index (χ3n) is 2.89. The minimum absolute atomic E-state index is 0.0269. The van der Waals surface area contributed by atoms with E-state index in [2.05, 4.69) is 10.6 Å². The second-order valence-corrected chi connectivity index (χ2v) is 4.86. The summed E-state index contributed by atoms with van der Waals surface area (Å²) >= 11 is 6.04. The molecule has 2 aromatic carbocycles. The van der Waals surface area contributed by atoms with Gasteiger partial charge in [-0.25, -0.2) is 0 Å². The normalized spacial score (nSPS) is 10.2. The summed E-state index contributed by atoms with van der Waals surface area (Å²) in [6, 6.07) is 17.4. The van der Waals surface area contributed by atoms with E-state index in [0.717, 1.165) is 11.1 Å². The summed E-state index contributed by atoms with van der Waals surface area (Å²) in [5.74, 6) is -0.0269. The largest absolute Gasteiger partial charge is 0.351 e. The number of rotatable bonds is 6. The Kier molecular flexibility index (Phi) is 5.59. The summed E-state index contributed by atoms with van der Waals surface area (Å²) < 4.78 is 0. The van der Waals surface area contributed by atoms with Gasteiger partial charge >= 0.3 is 0 Å². The van der Waals surface area contributed by atoms with Crippen LogP contribution in [0.2, 0.25) is 5.02 Å². The van der Waals surface area contributed by atoms with Crippen LogP contribution in [0, 0.1) is 0 Å². The van der Waals surface area contributed by atoms with Crippen molar-refractivity contribution in [1.82, 2.24) is 10.6 Å². The van der Waals surface area contributed by atoms with E-state index in [1.54, 1.807) is 0 Å². The topological polar surface area (TPSA) is 41.1 Å². The van der Waals surface area contributed by atoms with Crippen LogP contribution in [0.4, 0.5) is 0 Å². The molecular weight excluding hydrogens is 272 g/mol. The van der Waals surface area contributed by atoms with Crippen molar-refractivity contribution in [3.8, 4) is 0 Å². The molecule has 2 N–H and O–H groups in total. The highest BCUT2D eigenvalue weighted by atomic mass is 35.5. The van der Waals surface area contributed by atoms with E-state index in [-0.39, 0.29) is 12.5 Å². The zero-order valence-corrected chi connectivity index (χ0v) is 11.9. The molecule has 0 aliphatic rings. The van der Waals surface area contributed by atoms with Gasteiger partial charge in [-0.05, 0) is 17.2 Å². The lowest BCUT2D eigenvalue weighted by molar-refractivity contribution is -0.120. The van der Waals surface area contributed by atoms with Crippen molar-refractivity contribution in [3.63, 3.8) is 0 Å². The Labute approximate surface area is 124 Å². The molecule has 0 saturated carbocycles. The molecule has 0 radical (unpaired) electrons. The summed E-state index contributed by atoms with van der Waals surface area (Å²) in [5, 5.41) is 6.66. The van der Waals surface area contributed by atoms with Gasteiger partial charge in [0.05, 0.1) is 6.54 Å². The van der Waals surface area contributed by atoms with E-state index in [1.165, 1.54) is 0 Å². The number of halogens is 1. The summed E-state index contributed by atoms with van der Waals surface area (Å²) in [7, 11) is 0. The van der Waals surface area contributed by atoms with E-state index >= 15 is 0 Å². The zero-order valence-electron chi connectivity index (χ0n) is 11.1. The number of carbonyl (C=O) groups is 1. The minimum Gasteiger partial charge on any atom is -0.351 e. The number of carbonyl (C=O) groups excluding carboxylic acids is 1. The average molecular weight is 289 g/mol. The van der Waals surface area contributed by atoms with Gasteiger partial charge in [-0.15, -0.1) is 0 Å². The van der Waals surface area contributed by atoms with Crippen molar-refractivity contribution in [2.75, 3.05) is 6.54 Å². The predicted molar refractivity (Wildman–Crippen MR) is 81.4 cm³/mol. The van der Waals surface area contributed by atoms with Crippen LogP contribution in [-0.4, -0.2) is 12.5 Å². The molecule has 0 unspecified atom stereocenters. The number of benzene rings is 2. The van der Waals surface area contributed by atoms with Gasteiger partial charge in [0.15, 0.2) is 0 Å². The number of nitrogens with one attached hydrogen (secondary N) is 2. The molecule has 104 valence electrons. The van der Waals surface area contributed by atoms with Gasteiger partial charge in [0, 0.05) is 18.1 Å². The summed E-state index contributed by atoms with van der Waals surface area (Å²) in [6.45, 7) is 1.41. The number of amides is 1. The fourth-order valence-corrected chi connectivity index (χ4v) is 2.01. The maximum absolute atomic E-state index is 11.7. The monoisotopic (exact) mass is 288 g/mol. The van der Waals surface area contributed by atoms with Crippen LogP contribution in [0.1, 0.15) is 11.1 Å². The Morgan fingerprint density at radius 2 is 1.65 bits per heavy atom. The van der Waals surface area contributed by atoms with Crippen molar-refractivity contribution in [2.24, 2.45) is 0 Å². The van der Waals surface area contributed by atoms with Crippen LogP contribution in [0.3, 0.4) is 0 Å².